The number of halogens is 1. The van der Waals surface area contributed by atoms with Gasteiger partial charge in [0.05, 0.1) is 16.1 Å². The highest BCUT2D eigenvalue weighted by Crippen LogP contribution is 2.25. The molecule has 0 spiro atoms. The molecule has 2 rings (SSSR count). The number of carbonyl (C=O) groups excluding carboxylic acids is 1. The first-order valence-corrected chi connectivity index (χ1v) is 9.11. The predicted octanol–water partition coefficient (Wildman–Crippen LogP) is 0.0911. The standard InChI is InChI=1S/C12H12FN7O5S2/c13-6-3-5(1-2-7(6)17-12(23)19-18-11(14)15)27(24,25)20-9-8(10(21)22)16-4-26-9/h1-4,20H,(H,21,22)(H4,14,15,18)(H2,17,19,23). The van der Waals surface area contributed by atoms with E-state index in [1.54, 1.807) is 0 Å². The maximum absolute atomic E-state index is 14.1. The van der Waals surface area contributed by atoms with E-state index in [-0.39, 0.29) is 10.7 Å². The second-order valence-corrected chi connectivity index (χ2v) is 7.22. The van der Waals surface area contributed by atoms with Crippen LogP contribution in [0, 0.1) is 5.82 Å². The number of benzene rings is 1. The van der Waals surface area contributed by atoms with Crippen molar-refractivity contribution >= 4 is 50.0 Å². The summed E-state index contributed by atoms with van der Waals surface area (Å²) >= 11 is 0.749. The van der Waals surface area contributed by atoms with Crippen molar-refractivity contribution in [2.45, 2.75) is 4.90 Å². The number of hydrazone groups is 1. The van der Waals surface area contributed by atoms with Crippen LogP contribution in [0.5, 0.6) is 0 Å². The zero-order chi connectivity index (χ0) is 20.2. The van der Waals surface area contributed by atoms with Crippen LogP contribution in [-0.2, 0) is 10.0 Å². The van der Waals surface area contributed by atoms with Crippen molar-refractivity contribution < 1.29 is 27.5 Å². The van der Waals surface area contributed by atoms with Gasteiger partial charge in [0.15, 0.2) is 5.69 Å². The average Bonchev–Trinajstić information content (AvgIpc) is 3.02. The summed E-state index contributed by atoms with van der Waals surface area (Å²) in [5, 5.41) is 14.0. The molecular weight excluding hydrogens is 405 g/mol. The van der Waals surface area contributed by atoms with Gasteiger partial charge in [-0.1, -0.05) is 0 Å². The van der Waals surface area contributed by atoms with Crippen LogP contribution in [0.25, 0.3) is 0 Å². The molecule has 0 bridgehead atoms. The molecule has 2 aromatic rings. The van der Waals surface area contributed by atoms with Gasteiger partial charge in [-0.3, -0.25) is 4.72 Å². The van der Waals surface area contributed by atoms with E-state index in [4.69, 9.17) is 16.6 Å². The number of guanidine groups is 1. The summed E-state index contributed by atoms with van der Waals surface area (Å²) in [7, 11) is -4.29. The van der Waals surface area contributed by atoms with E-state index < -0.39 is 44.4 Å². The SMILES string of the molecule is NC(N)=NNC(=O)Nc1ccc(S(=O)(=O)Nc2scnc2C(=O)O)cc1F. The Kier molecular flexibility index (Phi) is 5.76. The predicted molar refractivity (Wildman–Crippen MR) is 94.2 cm³/mol. The summed E-state index contributed by atoms with van der Waals surface area (Å²) in [4.78, 5) is 25.5. The van der Waals surface area contributed by atoms with Gasteiger partial charge in [0, 0.05) is 0 Å². The van der Waals surface area contributed by atoms with Crippen LogP contribution < -0.4 is 26.9 Å². The van der Waals surface area contributed by atoms with E-state index in [2.05, 4.69) is 15.4 Å². The monoisotopic (exact) mass is 417 g/mol. The molecular formula is C12H12FN7O5S2. The zero-order valence-corrected chi connectivity index (χ0v) is 14.8. The van der Waals surface area contributed by atoms with Crippen LogP contribution in [-0.4, -0.2) is 36.5 Å². The third-order valence-electron chi connectivity index (χ3n) is 2.78. The molecule has 144 valence electrons. The Bertz CT molecular complexity index is 1020. The fourth-order valence-corrected chi connectivity index (χ4v) is 3.68. The van der Waals surface area contributed by atoms with Crippen molar-refractivity contribution in [3.05, 3.63) is 35.2 Å². The summed E-state index contributed by atoms with van der Waals surface area (Å²) in [5.74, 6) is -2.92. The topological polar surface area (TPSA) is 202 Å². The molecule has 0 saturated heterocycles. The molecule has 1 aromatic heterocycles. The molecule has 0 aliphatic rings. The number of carboxylic acids is 1. The van der Waals surface area contributed by atoms with Gasteiger partial charge in [0.1, 0.15) is 10.8 Å². The molecule has 0 radical (unpaired) electrons. The number of sulfonamides is 1. The molecule has 0 unspecified atom stereocenters. The first-order chi connectivity index (χ1) is 12.6. The minimum atomic E-state index is -4.29. The number of carboxylic acid groups (broad SMARTS) is 1. The Labute approximate surface area is 155 Å². The molecule has 0 atom stereocenters. The van der Waals surface area contributed by atoms with E-state index in [1.165, 1.54) is 0 Å². The van der Waals surface area contributed by atoms with E-state index in [0.717, 1.165) is 29.0 Å². The second kappa shape index (κ2) is 7.83. The van der Waals surface area contributed by atoms with E-state index >= 15 is 0 Å². The maximum atomic E-state index is 14.1. The van der Waals surface area contributed by atoms with Gasteiger partial charge in [-0.25, -0.2) is 32.8 Å². The zero-order valence-electron chi connectivity index (χ0n) is 13.1. The molecule has 15 heteroatoms. The van der Waals surface area contributed by atoms with Crippen molar-refractivity contribution in [2.75, 3.05) is 10.0 Å². The fourth-order valence-electron chi connectivity index (χ4n) is 1.68. The van der Waals surface area contributed by atoms with E-state index in [1.807, 2.05) is 10.1 Å². The number of nitrogens with zero attached hydrogens (tertiary/aromatic N) is 2. The number of aromatic nitrogens is 1. The fraction of sp³-hybridized carbons (Fsp3) is 0. The van der Waals surface area contributed by atoms with Gasteiger partial charge >= 0.3 is 12.0 Å². The molecule has 2 amide bonds. The van der Waals surface area contributed by atoms with Gasteiger partial charge < -0.3 is 21.9 Å². The lowest BCUT2D eigenvalue weighted by atomic mass is 10.3. The normalized spacial score (nSPS) is 10.7. The number of nitrogens with one attached hydrogen (secondary N) is 3. The highest BCUT2D eigenvalue weighted by Gasteiger charge is 2.22. The van der Waals surface area contributed by atoms with E-state index in [0.29, 0.717) is 6.07 Å². The van der Waals surface area contributed by atoms with Gasteiger partial charge in [0.25, 0.3) is 10.0 Å². The molecule has 27 heavy (non-hydrogen) atoms. The van der Waals surface area contributed by atoms with E-state index in [9.17, 15) is 22.4 Å². The van der Waals surface area contributed by atoms with Crippen molar-refractivity contribution in [3.8, 4) is 0 Å². The Morgan fingerprint density at radius 2 is 2.00 bits per heavy atom. The molecule has 0 fully saturated rings. The minimum absolute atomic E-state index is 0.235. The van der Waals surface area contributed by atoms with Gasteiger partial charge in [0.2, 0.25) is 5.96 Å². The lowest BCUT2D eigenvalue weighted by Crippen LogP contribution is -2.31. The Morgan fingerprint density at radius 1 is 1.30 bits per heavy atom. The Morgan fingerprint density at radius 3 is 2.59 bits per heavy atom. The van der Waals surface area contributed by atoms with Crippen LogP contribution in [0.3, 0.4) is 0 Å². The number of urea groups is 1. The smallest absolute Gasteiger partial charge is 0.357 e. The van der Waals surface area contributed by atoms with Crippen LogP contribution in [0.2, 0.25) is 0 Å². The lowest BCUT2D eigenvalue weighted by Gasteiger charge is -2.09. The van der Waals surface area contributed by atoms with Crippen molar-refractivity contribution in [2.24, 2.45) is 16.6 Å². The largest absolute Gasteiger partial charge is 0.476 e. The number of anilines is 2. The second-order valence-electron chi connectivity index (χ2n) is 4.68. The van der Waals surface area contributed by atoms with Gasteiger partial charge in [-0.2, -0.15) is 0 Å². The highest BCUT2D eigenvalue weighted by atomic mass is 32.2. The molecule has 0 saturated carbocycles. The number of hydrogen-bond acceptors (Lipinski definition) is 7. The molecule has 1 aromatic carbocycles. The highest BCUT2D eigenvalue weighted by molar-refractivity contribution is 7.93. The Hall–Kier alpha value is -3.46. The first kappa shape index (κ1) is 19.9. The molecule has 8 N–H and O–H groups in total. The molecule has 12 nitrogen and oxygen atoms in total. The van der Waals surface area contributed by atoms with Crippen LogP contribution >= 0.6 is 11.3 Å². The maximum Gasteiger partial charge on any atom is 0.357 e. The summed E-state index contributed by atoms with van der Waals surface area (Å²) in [5.41, 5.74) is 12.2. The number of amides is 2. The van der Waals surface area contributed by atoms with Crippen molar-refractivity contribution in [1.29, 1.82) is 0 Å². The molecule has 0 aliphatic carbocycles. The molecule has 0 aliphatic heterocycles. The summed E-state index contributed by atoms with van der Waals surface area (Å²) in [6.07, 6.45) is 0. The number of thiazole rings is 1. The number of hydrogen-bond donors (Lipinski definition) is 6. The van der Waals surface area contributed by atoms with Gasteiger partial charge in [-0.05, 0) is 18.2 Å². The van der Waals surface area contributed by atoms with Gasteiger partial charge in [-0.15, -0.1) is 16.4 Å². The quantitative estimate of drug-likeness (QED) is 0.215. The lowest BCUT2D eigenvalue weighted by molar-refractivity contribution is 0.0692. The van der Waals surface area contributed by atoms with Crippen molar-refractivity contribution in [1.82, 2.24) is 10.4 Å². The van der Waals surface area contributed by atoms with Crippen LogP contribution in [0.1, 0.15) is 10.5 Å². The summed E-state index contributed by atoms with van der Waals surface area (Å²) < 4.78 is 40.7. The third-order valence-corrected chi connectivity index (χ3v) is 5.00. The van der Waals surface area contributed by atoms with Crippen LogP contribution in [0.4, 0.5) is 19.9 Å². The number of nitrogens with two attached hydrogens (primary N) is 2. The Balaban J connectivity index is 2.20. The number of carbonyl (C=O) groups is 2. The minimum Gasteiger partial charge on any atom is -0.476 e. The summed E-state index contributed by atoms with van der Waals surface area (Å²) in [6, 6.07) is 1.67. The number of rotatable bonds is 6. The first-order valence-electron chi connectivity index (χ1n) is 6.75. The third kappa shape index (κ3) is 5.02. The average molecular weight is 417 g/mol. The summed E-state index contributed by atoms with van der Waals surface area (Å²) in [6.45, 7) is 0. The number of aromatic carboxylic acids is 1. The van der Waals surface area contributed by atoms with Crippen LogP contribution in [0.15, 0.2) is 33.7 Å². The van der Waals surface area contributed by atoms with Crippen molar-refractivity contribution in [3.63, 3.8) is 0 Å². The molecule has 1 heterocycles.